The first kappa shape index (κ1) is 16.6. The first-order valence-electron chi connectivity index (χ1n) is 6.58. The van der Waals surface area contributed by atoms with Gasteiger partial charge in [0.05, 0.1) is 11.6 Å². The average Bonchev–Trinajstić information content (AvgIpc) is 2.47. The fraction of sp³-hybridized carbons (Fsp3) is 0.500. The summed E-state index contributed by atoms with van der Waals surface area (Å²) < 4.78 is 10.6. The van der Waals surface area contributed by atoms with Gasteiger partial charge < -0.3 is 20.1 Å². The Labute approximate surface area is 125 Å². The van der Waals surface area contributed by atoms with Crippen LogP contribution >= 0.6 is 11.6 Å². The smallest absolute Gasteiger partial charge is 0.191 e. The number of benzene rings is 1. The SMILES string of the molecule is CN=C(NCCCOC)NCCOc1ccccc1Cl. The normalized spacial score (nSPS) is 11.2. The van der Waals surface area contributed by atoms with Crippen molar-refractivity contribution in [1.29, 1.82) is 0 Å². The minimum absolute atomic E-state index is 0.516. The summed E-state index contributed by atoms with van der Waals surface area (Å²) >= 11 is 6.00. The van der Waals surface area contributed by atoms with Gasteiger partial charge in [-0.25, -0.2) is 0 Å². The predicted molar refractivity (Wildman–Crippen MR) is 82.8 cm³/mol. The molecule has 112 valence electrons. The number of hydrogen-bond donors (Lipinski definition) is 2. The maximum atomic E-state index is 6.00. The van der Waals surface area contributed by atoms with Crippen LogP contribution in [0.1, 0.15) is 6.42 Å². The van der Waals surface area contributed by atoms with E-state index in [1.165, 1.54) is 0 Å². The van der Waals surface area contributed by atoms with Crippen LogP contribution in [-0.2, 0) is 4.74 Å². The van der Waals surface area contributed by atoms with Gasteiger partial charge in [-0.1, -0.05) is 23.7 Å². The Morgan fingerprint density at radius 2 is 1.95 bits per heavy atom. The van der Waals surface area contributed by atoms with Crippen LogP contribution in [0.25, 0.3) is 0 Å². The minimum atomic E-state index is 0.516. The molecule has 0 saturated carbocycles. The van der Waals surface area contributed by atoms with Crippen LogP contribution in [0, 0.1) is 0 Å². The number of ether oxygens (including phenoxy) is 2. The molecule has 0 aliphatic heterocycles. The number of hydrogen-bond acceptors (Lipinski definition) is 3. The number of rotatable bonds is 8. The van der Waals surface area contributed by atoms with Crippen molar-refractivity contribution in [3.8, 4) is 5.75 Å². The minimum Gasteiger partial charge on any atom is -0.490 e. The highest BCUT2D eigenvalue weighted by atomic mass is 35.5. The van der Waals surface area contributed by atoms with E-state index in [2.05, 4.69) is 15.6 Å². The second-order valence-corrected chi connectivity index (χ2v) is 4.46. The second kappa shape index (κ2) is 10.3. The predicted octanol–water partition coefficient (Wildman–Crippen LogP) is 1.92. The summed E-state index contributed by atoms with van der Waals surface area (Å²) in [7, 11) is 3.43. The number of aliphatic imine (C=N–C) groups is 1. The lowest BCUT2D eigenvalue weighted by atomic mass is 10.3. The molecule has 1 aromatic carbocycles. The maximum Gasteiger partial charge on any atom is 0.191 e. The van der Waals surface area contributed by atoms with E-state index in [9.17, 15) is 0 Å². The lowest BCUT2D eigenvalue weighted by Crippen LogP contribution is -2.39. The van der Waals surface area contributed by atoms with E-state index in [4.69, 9.17) is 21.1 Å². The molecule has 0 aliphatic rings. The number of guanidine groups is 1. The molecule has 0 unspecified atom stereocenters. The summed E-state index contributed by atoms with van der Waals surface area (Å²) in [4.78, 5) is 4.12. The third-order valence-corrected chi connectivity index (χ3v) is 2.84. The number of halogens is 1. The van der Waals surface area contributed by atoms with E-state index in [1.54, 1.807) is 20.2 Å². The van der Waals surface area contributed by atoms with Gasteiger partial charge in [0.25, 0.3) is 0 Å². The van der Waals surface area contributed by atoms with Gasteiger partial charge in [-0.15, -0.1) is 0 Å². The van der Waals surface area contributed by atoms with Gasteiger partial charge in [0.2, 0.25) is 0 Å². The molecule has 0 aliphatic carbocycles. The summed E-state index contributed by atoms with van der Waals surface area (Å²) in [5, 5.41) is 6.98. The molecule has 0 saturated heterocycles. The lowest BCUT2D eigenvalue weighted by Gasteiger charge is -2.12. The Morgan fingerprint density at radius 1 is 1.20 bits per heavy atom. The number of nitrogens with zero attached hydrogens (tertiary/aromatic N) is 1. The van der Waals surface area contributed by atoms with Crippen molar-refractivity contribution in [2.75, 3.05) is 40.5 Å². The Morgan fingerprint density at radius 3 is 2.65 bits per heavy atom. The monoisotopic (exact) mass is 299 g/mol. The van der Waals surface area contributed by atoms with Crippen molar-refractivity contribution in [3.63, 3.8) is 0 Å². The molecule has 0 fully saturated rings. The highest BCUT2D eigenvalue weighted by Gasteiger charge is 2.00. The Kier molecular flexibility index (Phi) is 8.58. The molecular formula is C14H22ClN3O2. The summed E-state index contributed by atoms with van der Waals surface area (Å²) in [6, 6.07) is 7.42. The topological polar surface area (TPSA) is 54.9 Å². The molecule has 1 aromatic rings. The molecule has 1 rings (SSSR count). The molecule has 0 atom stereocenters. The molecule has 0 heterocycles. The van der Waals surface area contributed by atoms with Gasteiger partial charge in [0, 0.05) is 27.3 Å². The third kappa shape index (κ3) is 6.63. The van der Waals surface area contributed by atoms with Gasteiger partial charge in [0.15, 0.2) is 5.96 Å². The summed E-state index contributed by atoms with van der Waals surface area (Å²) in [5.74, 6) is 1.45. The van der Waals surface area contributed by atoms with E-state index in [1.807, 2.05) is 18.2 Å². The Hall–Kier alpha value is -1.46. The highest BCUT2D eigenvalue weighted by molar-refractivity contribution is 6.32. The van der Waals surface area contributed by atoms with Crippen molar-refractivity contribution >= 4 is 17.6 Å². The number of nitrogens with one attached hydrogen (secondary N) is 2. The van der Waals surface area contributed by atoms with Crippen molar-refractivity contribution in [3.05, 3.63) is 29.3 Å². The molecule has 0 radical (unpaired) electrons. The molecule has 0 spiro atoms. The van der Waals surface area contributed by atoms with E-state index in [0.717, 1.165) is 25.5 Å². The largest absolute Gasteiger partial charge is 0.490 e. The Bertz CT molecular complexity index is 413. The Balaban J connectivity index is 2.17. The molecule has 6 heteroatoms. The molecule has 0 amide bonds. The first-order valence-corrected chi connectivity index (χ1v) is 6.96. The zero-order valence-electron chi connectivity index (χ0n) is 12.0. The van der Waals surface area contributed by atoms with Gasteiger partial charge in [-0.05, 0) is 18.6 Å². The highest BCUT2D eigenvalue weighted by Crippen LogP contribution is 2.22. The van der Waals surface area contributed by atoms with Crippen molar-refractivity contribution < 1.29 is 9.47 Å². The van der Waals surface area contributed by atoms with E-state index >= 15 is 0 Å². The van der Waals surface area contributed by atoms with Crippen molar-refractivity contribution in [1.82, 2.24) is 10.6 Å². The summed E-state index contributed by atoms with van der Waals surface area (Å²) in [6.45, 7) is 2.72. The van der Waals surface area contributed by atoms with Crippen LogP contribution in [0.3, 0.4) is 0 Å². The van der Waals surface area contributed by atoms with E-state index in [0.29, 0.717) is 23.9 Å². The summed E-state index contributed by atoms with van der Waals surface area (Å²) in [5.41, 5.74) is 0. The summed E-state index contributed by atoms with van der Waals surface area (Å²) in [6.07, 6.45) is 0.938. The molecule has 20 heavy (non-hydrogen) atoms. The quantitative estimate of drug-likeness (QED) is 0.437. The number of methoxy groups -OCH3 is 1. The zero-order valence-corrected chi connectivity index (χ0v) is 12.7. The van der Waals surface area contributed by atoms with E-state index < -0.39 is 0 Å². The first-order chi connectivity index (χ1) is 9.77. The van der Waals surface area contributed by atoms with Crippen LogP contribution in [0.15, 0.2) is 29.3 Å². The molecule has 0 bridgehead atoms. The van der Waals surface area contributed by atoms with E-state index in [-0.39, 0.29) is 0 Å². The maximum absolute atomic E-state index is 6.00. The average molecular weight is 300 g/mol. The van der Waals surface area contributed by atoms with Crippen LogP contribution < -0.4 is 15.4 Å². The lowest BCUT2D eigenvalue weighted by molar-refractivity contribution is 0.195. The van der Waals surface area contributed by atoms with Gasteiger partial charge in [-0.3, -0.25) is 4.99 Å². The van der Waals surface area contributed by atoms with Crippen LogP contribution in [0.2, 0.25) is 5.02 Å². The third-order valence-electron chi connectivity index (χ3n) is 2.53. The standard InChI is InChI=1S/C14H22ClN3O2/c1-16-14(17-8-5-10-19-2)18-9-11-20-13-7-4-3-6-12(13)15/h3-4,6-7H,5,8-11H2,1-2H3,(H2,16,17,18). The molecular weight excluding hydrogens is 278 g/mol. The second-order valence-electron chi connectivity index (χ2n) is 4.05. The van der Waals surface area contributed by atoms with Gasteiger partial charge in [0.1, 0.15) is 12.4 Å². The molecule has 0 aromatic heterocycles. The van der Waals surface area contributed by atoms with Crippen molar-refractivity contribution in [2.24, 2.45) is 4.99 Å². The van der Waals surface area contributed by atoms with Crippen LogP contribution in [0.5, 0.6) is 5.75 Å². The van der Waals surface area contributed by atoms with Gasteiger partial charge >= 0.3 is 0 Å². The molecule has 5 nitrogen and oxygen atoms in total. The molecule has 2 N–H and O–H groups in total. The van der Waals surface area contributed by atoms with Crippen LogP contribution in [0.4, 0.5) is 0 Å². The number of para-hydroxylation sites is 1. The fourth-order valence-electron chi connectivity index (χ4n) is 1.54. The van der Waals surface area contributed by atoms with Crippen molar-refractivity contribution in [2.45, 2.75) is 6.42 Å². The fourth-order valence-corrected chi connectivity index (χ4v) is 1.73. The zero-order chi connectivity index (χ0) is 14.6. The van der Waals surface area contributed by atoms with Gasteiger partial charge in [-0.2, -0.15) is 0 Å². The van der Waals surface area contributed by atoms with Crippen LogP contribution in [-0.4, -0.2) is 46.4 Å².